The van der Waals surface area contributed by atoms with Crippen molar-refractivity contribution >= 4 is 11.6 Å². The van der Waals surface area contributed by atoms with Crippen LogP contribution in [-0.2, 0) is 0 Å². The third-order valence-electron chi connectivity index (χ3n) is 2.36. The molecule has 0 aliphatic heterocycles. The summed E-state index contributed by atoms with van der Waals surface area (Å²) < 4.78 is 9.88. The number of nitrogens with zero attached hydrogens (tertiary/aromatic N) is 3. The van der Waals surface area contributed by atoms with Gasteiger partial charge in [0, 0.05) is 0 Å². The summed E-state index contributed by atoms with van der Waals surface area (Å²) in [4.78, 5) is 11.9. The van der Waals surface area contributed by atoms with E-state index < -0.39 is 0 Å². The Hall–Kier alpha value is -2.57. The smallest absolute Gasteiger partial charge is 0.324 e. The summed E-state index contributed by atoms with van der Waals surface area (Å²) >= 11 is 0. The van der Waals surface area contributed by atoms with Crippen LogP contribution in [0.5, 0.6) is 17.8 Å². The van der Waals surface area contributed by atoms with Gasteiger partial charge in [-0.05, 0) is 24.6 Å². The molecule has 0 fully saturated rings. The number of nitrogens with one attached hydrogen (secondary N) is 1. The fraction of sp³-hybridized carbons (Fsp3) is 0.250. The van der Waals surface area contributed by atoms with Gasteiger partial charge in [0.2, 0.25) is 5.95 Å². The van der Waals surface area contributed by atoms with Crippen molar-refractivity contribution in [1.29, 1.82) is 0 Å². The van der Waals surface area contributed by atoms with E-state index in [0.717, 1.165) is 5.56 Å². The van der Waals surface area contributed by atoms with E-state index in [1.54, 1.807) is 12.1 Å². The predicted octanol–water partition coefficient (Wildman–Crippen LogP) is 1.65. The summed E-state index contributed by atoms with van der Waals surface area (Å²) in [5.74, 6) is 0.334. The van der Waals surface area contributed by atoms with Gasteiger partial charge in [-0.25, -0.2) is 0 Å². The molecule has 0 unspecified atom stereocenters. The molecule has 7 heteroatoms. The molecule has 2 N–H and O–H groups in total. The second-order valence-corrected chi connectivity index (χ2v) is 3.78. The standard InChI is InChI=1S/C12H14N4O3/c1-7-4-5-8(9(17)6-7)13-10-14-11(18-2)16-12(15-10)19-3/h4-6,17H,1-3H3,(H,13,14,15,16). The van der Waals surface area contributed by atoms with Crippen LogP contribution in [0.3, 0.4) is 0 Å². The number of phenolic OH excluding ortho intramolecular Hbond substituents is 1. The summed E-state index contributed by atoms with van der Waals surface area (Å²) in [7, 11) is 2.89. The number of aromatic nitrogens is 3. The zero-order valence-corrected chi connectivity index (χ0v) is 10.8. The minimum absolute atomic E-state index is 0.110. The molecule has 100 valence electrons. The van der Waals surface area contributed by atoms with Crippen molar-refractivity contribution in [2.45, 2.75) is 6.92 Å². The Labute approximate surface area is 110 Å². The van der Waals surface area contributed by atoms with Crippen molar-refractivity contribution in [1.82, 2.24) is 15.0 Å². The second-order valence-electron chi connectivity index (χ2n) is 3.78. The maximum absolute atomic E-state index is 9.81. The zero-order chi connectivity index (χ0) is 13.8. The number of methoxy groups -OCH3 is 2. The van der Waals surface area contributed by atoms with Crippen LogP contribution >= 0.6 is 0 Å². The fourth-order valence-corrected chi connectivity index (χ4v) is 1.44. The first kappa shape index (κ1) is 12.9. The summed E-state index contributed by atoms with van der Waals surface area (Å²) in [6, 6.07) is 5.48. The third-order valence-corrected chi connectivity index (χ3v) is 2.36. The molecule has 1 aromatic heterocycles. The topological polar surface area (TPSA) is 89.4 Å². The van der Waals surface area contributed by atoms with E-state index >= 15 is 0 Å². The Morgan fingerprint density at radius 3 is 2.21 bits per heavy atom. The van der Waals surface area contributed by atoms with E-state index in [-0.39, 0.29) is 23.7 Å². The van der Waals surface area contributed by atoms with Gasteiger partial charge < -0.3 is 19.9 Å². The highest BCUT2D eigenvalue weighted by atomic mass is 16.5. The average molecular weight is 262 g/mol. The van der Waals surface area contributed by atoms with Gasteiger partial charge in [-0.3, -0.25) is 0 Å². The molecule has 19 heavy (non-hydrogen) atoms. The highest BCUT2D eigenvalue weighted by Crippen LogP contribution is 2.26. The highest BCUT2D eigenvalue weighted by molar-refractivity contribution is 5.62. The van der Waals surface area contributed by atoms with Crippen LogP contribution < -0.4 is 14.8 Å². The van der Waals surface area contributed by atoms with Gasteiger partial charge >= 0.3 is 12.0 Å². The summed E-state index contributed by atoms with van der Waals surface area (Å²) in [5.41, 5.74) is 1.44. The Bertz CT molecular complexity index is 567. The molecule has 0 aliphatic rings. The quantitative estimate of drug-likeness (QED) is 0.809. The normalized spacial score (nSPS) is 10.1. The van der Waals surface area contributed by atoms with Gasteiger partial charge in [0.05, 0.1) is 19.9 Å². The van der Waals surface area contributed by atoms with Gasteiger partial charge in [0.15, 0.2) is 0 Å². The van der Waals surface area contributed by atoms with Crippen molar-refractivity contribution in [2.24, 2.45) is 0 Å². The molecule has 0 amide bonds. The molecule has 0 saturated carbocycles. The van der Waals surface area contributed by atoms with Crippen LogP contribution in [0, 0.1) is 6.92 Å². The lowest BCUT2D eigenvalue weighted by Crippen LogP contribution is -2.03. The van der Waals surface area contributed by atoms with Gasteiger partial charge in [-0.1, -0.05) is 6.07 Å². The van der Waals surface area contributed by atoms with Gasteiger partial charge in [0.1, 0.15) is 5.75 Å². The second kappa shape index (κ2) is 5.38. The number of aryl methyl sites for hydroxylation is 1. The monoisotopic (exact) mass is 262 g/mol. The van der Waals surface area contributed by atoms with E-state index in [2.05, 4.69) is 20.3 Å². The molecule has 0 spiro atoms. The van der Waals surface area contributed by atoms with E-state index in [9.17, 15) is 5.11 Å². The molecule has 1 aromatic carbocycles. The highest BCUT2D eigenvalue weighted by Gasteiger charge is 2.09. The summed E-state index contributed by atoms with van der Waals surface area (Å²) in [6.07, 6.45) is 0. The number of anilines is 2. The van der Waals surface area contributed by atoms with Crippen molar-refractivity contribution in [3.8, 4) is 17.8 Å². The molecular weight excluding hydrogens is 248 g/mol. The van der Waals surface area contributed by atoms with Crippen molar-refractivity contribution in [3.05, 3.63) is 23.8 Å². The number of aromatic hydroxyl groups is 1. The van der Waals surface area contributed by atoms with Crippen LogP contribution in [0.1, 0.15) is 5.56 Å². The molecule has 7 nitrogen and oxygen atoms in total. The average Bonchev–Trinajstić information content (AvgIpc) is 2.41. The first-order valence-electron chi connectivity index (χ1n) is 5.53. The Balaban J connectivity index is 2.31. The Kier molecular flexibility index (Phi) is 3.65. The first-order valence-corrected chi connectivity index (χ1v) is 5.53. The maximum Gasteiger partial charge on any atom is 0.324 e. The number of hydrogen-bond acceptors (Lipinski definition) is 7. The van der Waals surface area contributed by atoms with Crippen LogP contribution in [0.2, 0.25) is 0 Å². The lowest BCUT2D eigenvalue weighted by atomic mass is 10.2. The van der Waals surface area contributed by atoms with Crippen molar-refractivity contribution in [3.63, 3.8) is 0 Å². The summed E-state index contributed by atoms with van der Waals surface area (Å²) in [5, 5.41) is 12.7. The van der Waals surface area contributed by atoms with Crippen LogP contribution in [-0.4, -0.2) is 34.3 Å². The van der Waals surface area contributed by atoms with Crippen molar-refractivity contribution < 1.29 is 14.6 Å². The van der Waals surface area contributed by atoms with Crippen LogP contribution in [0.25, 0.3) is 0 Å². The minimum Gasteiger partial charge on any atom is -0.506 e. The fourth-order valence-electron chi connectivity index (χ4n) is 1.44. The zero-order valence-electron chi connectivity index (χ0n) is 10.8. The van der Waals surface area contributed by atoms with E-state index in [4.69, 9.17) is 9.47 Å². The van der Waals surface area contributed by atoms with Gasteiger partial charge in [-0.2, -0.15) is 9.97 Å². The van der Waals surface area contributed by atoms with Crippen LogP contribution in [0.4, 0.5) is 11.6 Å². The largest absolute Gasteiger partial charge is 0.506 e. The van der Waals surface area contributed by atoms with E-state index in [0.29, 0.717) is 5.69 Å². The SMILES string of the molecule is COc1nc(Nc2ccc(C)cc2O)nc(OC)n1. The molecular formula is C12H14N4O3. The number of ether oxygens (including phenoxy) is 2. The molecule has 0 bridgehead atoms. The van der Waals surface area contributed by atoms with Gasteiger partial charge in [-0.15, -0.1) is 4.98 Å². The minimum atomic E-state index is 0.110. The third kappa shape index (κ3) is 3.01. The molecule has 1 heterocycles. The number of phenols is 1. The van der Waals surface area contributed by atoms with Crippen molar-refractivity contribution in [2.75, 3.05) is 19.5 Å². The Morgan fingerprint density at radius 1 is 1.05 bits per heavy atom. The number of benzene rings is 1. The molecule has 0 atom stereocenters. The molecule has 0 aliphatic carbocycles. The van der Waals surface area contributed by atoms with Crippen LogP contribution in [0.15, 0.2) is 18.2 Å². The van der Waals surface area contributed by atoms with E-state index in [1.807, 2.05) is 13.0 Å². The molecule has 0 saturated heterocycles. The molecule has 2 rings (SSSR count). The molecule has 0 radical (unpaired) electrons. The Morgan fingerprint density at radius 2 is 1.68 bits per heavy atom. The molecule has 2 aromatic rings. The van der Waals surface area contributed by atoms with Gasteiger partial charge in [0.25, 0.3) is 0 Å². The maximum atomic E-state index is 9.81. The number of rotatable bonds is 4. The van der Waals surface area contributed by atoms with E-state index in [1.165, 1.54) is 14.2 Å². The summed E-state index contributed by atoms with van der Waals surface area (Å²) in [6.45, 7) is 1.89. The lowest BCUT2D eigenvalue weighted by molar-refractivity contribution is 0.341. The first-order chi connectivity index (χ1) is 9.12. The lowest BCUT2D eigenvalue weighted by Gasteiger charge is -2.09. The number of hydrogen-bond donors (Lipinski definition) is 2. The predicted molar refractivity (Wildman–Crippen MR) is 69.1 cm³/mol.